The SMILES string of the molecule is C[C@@H](OC(=O)/C=C/c1ccccc1F)C(=O)NC(=O)NC(C)(C)C. The Labute approximate surface area is 140 Å². The molecule has 0 bridgehead atoms. The van der Waals surface area contributed by atoms with Gasteiger partial charge in [0.1, 0.15) is 5.82 Å². The number of carbonyl (C=O) groups excluding carboxylic acids is 3. The molecular weight excluding hydrogens is 315 g/mol. The third-order valence-electron chi connectivity index (χ3n) is 2.69. The van der Waals surface area contributed by atoms with Crippen LogP contribution in [0, 0.1) is 5.82 Å². The van der Waals surface area contributed by atoms with Gasteiger partial charge in [-0.05, 0) is 39.8 Å². The zero-order chi connectivity index (χ0) is 18.3. The second-order valence-corrected chi connectivity index (χ2v) is 6.13. The van der Waals surface area contributed by atoms with E-state index in [2.05, 4.69) is 10.6 Å². The van der Waals surface area contributed by atoms with Crippen molar-refractivity contribution in [2.75, 3.05) is 0 Å². The molecule has 0 aromatic heterocycles. The highest BCUT2D eigenvalue weighted by Gasteiger charge is 2.21. The van der Waals surface area contributed by atoms with Gasteiger partial charge >= 0.3 is 12.0 Å². The Balaban J connectivity index is 2.53. The van der Waals surface area contributed by atoms with E-state index in [0.717, 1.165) is 6.08 Å². The highest BCUT2D eigenvalue weighted by molar-refractivity contribution is 5.98. The van der Waals surface area contributed by atoms with Crippen molar-refractivity contribution in [3.63, 3.8) is 0 Å². The van der Waals surface area contributed by atoms with Gasteiger partial charge in [-0.3, -0.25) is 10.1 Å². The minimum atomic E-state index is -1.17. The Hall–Kier alpha value is -2.70. The normalized spacial score (nSPS) is 12.5. The lowest BCUT2D eigenvalue weighted by atomic mass is 10.1. The lowest BCUT2D eigenvalue weighted by Gasteiger charge is -2.21. The molecule has 0 fully saturated rings. The van der Waals surface area contributed by atoms with Gasteiger partial charge in [0.25, 0.3) is 5.91 Å². The summed E-state index contributed by atoms with van der Waals surface area (Å²) in [6.45, 7) is 6.60. The summed E-state index contributed by atoms with van der Waals surface area (Å²) in [5.74, 6) is -2.06. The van der Waals surface area contributed by atoms with Crippen LogP contribution in [0.25, 0.3) is 6.08 Å². The first-order valence-electron chi connectivity index (χ1n) is 7.35. The molecule has 3 amide bonds. The van der Waals surface area contributed by atoms with Crippen molar-refractivity contribution >= 4 is 24.0 Å². The standard InChI is InChI=1S/C17H21FN2O4/c1-11(15(22)19-16(23)20-17(2,3)4)24-14(21)10-9-12-7-5-6-8-13(12)18/h5-11H,1-4H3,(H2,19,20,22,23)/b10-9+/t11-/m1/s1. The van der Waals surface area contributed by atoms with Crippen molar-refractivity contribution in [2.24, 2.45) is 0 Å². The van der Waals surface area contributed by atoms with E-state index >= 15 is 0 Å². The molecule has 0 heterocycles. The number of rotatable bonds is 4. The van der Waals surface area contributed by atoms with E-state index in [0.29, 0.717) is 0 Å². The molecule has 0 spiro atoms. The number of carbonyl (C=O) groups is 3. The van der Waals surface area contributed by atoms with E-state index in [1.807, 2.05) is 0 Å². The molecule has 0 saturated heterocycles. The molecule has 130 valence electrons. The van der Waals surface area contributed by atoms with Crippen LogP contribution in [0.4, 0.5) is 9.18 Å². The fourth-order valence-electron chi connectivity index (χ4n) is 1.62. The predicted molar refractivity (Wildman–Crippen MR) is 87.4 cm³/mol. The second-order valence-electron chi connectivity index (χ2n) is 6.13. The first-order chi connectivity index (χ1) is 11.1. The Morgan fingerprint density at radius 1 is 1.21 bits per heavy atom. The van der Waals surface area contributed by atoms with Crippen molar-refractivity contribution in [3.05, 3.63) is 41.7 Å². The van der Waals surface area contributed by atoms with E-state index in [9.17, 15) is 18.8 Å². The quantitative estimate of drug-likeness (QED) is 0.653. The van der Waals surface area contributed by atoms with Crippen molar-refractivity contribution < 1.29 is 23.5 Å². The number of esters is 1. The Kier molecular flexibility index (Phi) is 6.64. The van der Waals surface area contributed by atoms with Gasteiger partial charge in [-0.2, -0.15) is 0 Å². The molecule has 2 N–H and O–H groups in total. The van der Waals surface area contributed by atoms with E-state index < -0.39 is 35.4 Å². The molecule has 0 aliphatic carbocycles. The van der Waals surface area contributed by atoms with Crippen LogP contribution in [0.1, 0.15) is 33.3 Å². The summed E-state index contributed by atoms with van der Waals surface area (Å²) in [6, 6.07) is 5.22. The second kappa shape index (κ2) is 8.24. The van der Waals surface area contributed by atoms with Crippen LogP contribution in [0.5, 0.6) is 0 Å². The van der Waals surface area contributed by atoms with Crippen molar-refractivity contribution in [2.45, 2.75) is 39.3 Å². The summed E-state index contributed by atoms with van der Waals surface area (Å²) >= 11 is 0. The average molecular weight is 336 g/mol. The fourth-order valence-corrected chi connectivity index (χ4v) is 1.62. The fraction of sp³-hybridized carbons (Fsp3) is 0.353. The number of hydrogen-bond donors (Lipinski definition) is 2. The molecule has 0 aliphatic rings. The minimum absolute atomic E-state index is 0.219. The summed E-state index contributed by atoms with van der Waals surface area (Å²) in [5.41, 5.74) is -0.289. The van der Waals surface area contributed by atoms with Crippen LogP contribution >= 0.6 is 0 Å². The van der Waals surface area contributed by atoms with Crippen molar-refractivity contribution in [3.8, 4) is 0 Å². The number of benzene rings is 1. The molecule has 0 radical (unpaired) electrons. The summed E-state index contributed by atoms with van der Waals surface area (Å²) in [4.78, 5) is 35.0. The monoisotopic (exact) mass is 336 g/mol. The van der Waals surface area contributed by atoms with Crippen LogP contribution in [0.15, 0.2) is 30.3 Å². The van der Waals surface area contributed by atoms with Crippen molar-refractivity contribution in [1.29, 1.82) is 0 Å². The smallest absolute Gasteiger partial charge is 0.331 e. The molecule has 1 aromatic carbocycles. The summed E-state index contributed by atoms with van der Waals surface area (Å²) < 4.78 is 18.3. The van der Waals surface area contributed by atoms with E-state index in [4.69, 9.17) is 4.74 Å². The van der Waals surface area contributed by atoms with Crippen LogP contribution in [0.3, 0.4) is 0 Å². The van der Waals surface area contributed by atoms with Gasteiger partial charge in [-0.15, -0.1) is 0 Å². The molecule has 1 rings (SSSR count). The number of ether oxygens (including phenoxy) is 1. The molecule has 24 heavy (non-hydrogen) atoms. The maximum Gasteiger partial charge on any atom is 0.331 e. The van der Waals surface area contributed by atoms with E-state index in [1.54, 1.807) is 26.8 Å². The van der Waals surface area contributed by atoms with E-state index in [1.165, 1.54) is 31.2 Å². The highest BCUT2D eigenvalue weighted by Crippen LogP contribution is 2.08. The number of hydrogen-bond acceptors (Lipinski definition) is 4. The Morgan fingerprint density at radius 2 is 1.83 bits per heavy atom. The van der Waals surface area contributed by atoms with Crippen molar-refractivity contribution in [1.82, 2.24) is 10.6 Å². The van der Waals surface area contributed by atoms with Gasteiger partial charge in [0.05, 0.1) is 0 Å². The maximum absolute atomic E-state index is 13.4. The summed E-state index contributed by atoms with van der Waals surface area (Å²) in [6.07, 6.45) is 1.08. The minimum Gasteiger partial charge on any atom is -0.449 e. The van der Waals surface area contributed by atoms with Crippen LogP contribution in [-0.2, 0) is 14.3 Å². The molecule has 0 unspecified atom stereocenters. The van der Waals surface area contributed by atoms with Gasteiger partial charge in [0.2, 0.25) is 0 Å². The third-order valence-corrected chi connectivity index (χ3v) is 2.69. The molecular formula is C17H21FN2O4. The number of urea groups is 1. The molecule has 1 atom stereocenters. The number of imide groups is 1. The molecule has 0 aliphatic heterocycles. The van der Waals surface area contributed by atoms with E-state index in [-0.39, 0.29) is 5.56 Å². The molecule has 0 saturated carbocycles. The Bertz CT molecular complexity index is 650. The largest absolute Gasteiger partial charge is 0.449 e. The lowest BCUT2D eigenvalue weighted by molar-refractivity contribution is -0.149. The first-order valence-corrected chi connectivity index (χ1v) is 7.35. The Morgan fingerprint density at radius 3 is 2.42 bits per heavy atom. The van der Waals surface area contributed by atoms with Gasteiger partial charge in [-0.25, -0.2) is 14.0 Å². The van der Waals surface area contributed by atoms with Crippen LogP contribution < -0.4 is 10.6 Å². The maximum atomic E-state index is 13.4. The average Bonchev–Trinajstić information content (AvgIpc) is 2.44. The summed E-state index contributed by atoms with van der Waals surface area (Å²) in [5, 5.41) is 4.62. The van der Waals surface area contributed by atoms with Crippen LogP contribution in [-0.4, -0.2) is 29.6 Å². The lowest BCUT2D eigenvalue weighted by Crippen LogP contribution is -2.50. The zero-order valence-electron chi connectivity index (χ0n) is 14.1. The van der Waals surface area contributed by atoms with Crippen LogP contribution in [0.2, 0.25) is 0 Å². The van der Waals surface area contributed by atoms with Gasteiger partial charge in [0.15, 0.2) is 6.10 Å². The van der Waals surface area contributed by atoms with Gasteiger partial charge in [0, 0.05) is 17.2 Å². The molecule has 6 nitrogen and oxygen atoms in total. The number of amides is 3. The van der Waals surface area contributed by atoms with Gasteiger partial charge in [-0.1, -0.05) is 18.2 Å². The highest BCUT2D eigenvalue weighted by atomic mass is 19.1. The number of nitrogens with one attached hydrogen (secondary N) is 2. The predicted octanol–water partition coefficient (Wildman–Crippen LogP) is 2.39. The molecule has 1 aromatic rings. The molecule has 7 heteroatoms. The number of halogens is 1. The third kappa shape index (κ3) is 7.04. The van der Waals surface area contributed by atoms with Gasteiger partial charge < -0.3 is 10.1 Å². The first kappa shape index (κ1) is 19.3. The zero-order valence-corrected chi connectivity index (χ0v) is 14.1. The summed E-state index contributed by atoms with van der Waals surface area (Å²) in [7, 11) is 0. The topological polar surface area (TPSA) is 84.5 Å².